The smallest absolute Gasteiger partial charge is 0.213 e. The van der Waals surface area contributed by atoms with Crippen LogP contribution in [0.25, 0.3) is 0 Å². The van der Waals surface area contributed by atoms with Gasteiger partial charge in [-0.15, -0.1) is 0 Å². The summed E-state index contributed by atoms with van der Waals surface area (Å²) in [6.07, 6.45) is 6.26. The van der Waals surface area contributed by atoms with Crippen LogP contribution in [0.4, 0.5) is 0 Å². The van der Waals surface area contributed by atoms with Gasteiger partial charge in [-0.1, -0.05) is 13.8 Å². The molecule has 2 N–H and O–H groups in total. The molecule has 1 aliphatic carbocycles. The van der Waals surface area contributed by atoms with Crippen molar-refractivity contribution < 1.29 is 8.42 Å². The van der Waals surface area contributed by atoms with E-state index in [1.165, 1.54) is 0 Å². The molecule has 1 saturated heterocycles. The monoisotopic (exact) mass is 274 g/mol. The number of sulfonamides is 1. The maximum Gasteiger partial charge on any atom is 0.213 e. The van der Waals surface area contributed by atoms with Gasteiger partial charge >= 0.3 is 0 Å². The fourth-order valence-corrected chi connectivity index (χ4v) is 4.64. The molecule has 1 atom stereocenters. The molecule has 0 aromatic carbocycles. The van der Waals surface area contributed by atoms with Crippen molar-refractivity contribution in [1.29, 1.82) is 0 Å². The maximum atomic E-state index is 12.1. The summed E-state index contributed by atoms with van der Waals surface area (Å²) in [6.45, 7) is 5.48. The Morgan fingerprint density at radius 2 is 1.89 bits per heavy atom. The second kappa shape index (κ2) is 5.47. The van der Waals surface area contributed by atoms with Gasteiger partial charge in [0, 0.05) is 12.1 Å². The van der Waals surface area contributed by atoms with Gasteiger partial charge in [0.25, 0.3) is 0 Å². The van der Waals surface area contributed by atoms with Crippen molar-refractivity contribution in [3.63, 3.8) is 0 Å². The Bertz CT molecular complexity index is 362. The fourth-order valence-electron chi connectivity index (χ4n) is 2.98. The van der Waals surface area contributed by atoms with Gasteiger partial charge in [0.1, 0.15) is 0 Å². The van der Waals surface area contributed by atoms with Crippen LogP contribution in [0.5, 0.6) is 0 Å². The second-order valence-electron chi connectivity index (χ2n) is 6.63. The minimum atomic E-state index is -3.11. The molecule has 1 aliphatic heterocycles. The zero-order chi connectivity index (χ0) is 13.2. The Labute approximate surface area is 111 Å². The third kappa shape index (κ3) is 4.21. The highest BCUT2D eigenvalue weighted by atomic mass is 32.2. The van der Waals surface area contributed by atoms with Crippen LogP contribution < -0.4 is 10.0 Å². The van der Waals surface area contributed by atoms with Gasteiger partial charge in [0.2, 0.25) is 10.0 Å². The fraction of sp³-hybridized carbons (Fsp3) is 1.00. The Morgan fingerprint density at radius 1 is 1.22 bits per heavy atom. The molecule has 2 aliphatic rings. The van der Waals surface area contributed by atoms with Gasteiger partial charge in [0.05, 0.1) is 5.75 Å². The molecular formula is C13H26N2O2S. The highest BCUT2D eigenvalue weighted by Gasteiger charge is 2.30. The summed E-state index contributed by atoms with van der Waals surface area (Å²) in [5, 5.41) is 3.24. The summed E-state index contributed by atoms with van der Waals surface area (Å²) >= 11 is 0. The van der Waals surface area contributed by atoms with Crippen molar-refractivity contribution in [2.75, 3.05) is 12.3 Å². The highest BCUT2D eigenvalue weighted by Crippen LogP contribution is 2.35. The van der Waals surface area contributed by atoms with Gasteiger partial charge in [-0.25, -0.2) is 13.1 Å². The van der Waals surface area contributed by atoms with Crippen molar-refractivity contribution in [2.24, 2.45) is 5.41 Å². The molecule has 0 spiro atoms. The molecule has 0 aromatic rings. The van der Waals surface area contributed by atoms with Crippen molar-refractivity contribution in [1.82, 2.24) is 10.0 Å². The van der Waals surface area contributed by atoms with Gasteiger partial charge in [0.15, 0.2) is 0 Å². The first-order valence-electron chi connectivity index (χ1n) is 7.10. The van der Waals surface area contributed by atoms with E-state index in [2.05, 4.69) is 23.9 Å². The first-order chi connectivity index (χ1) is 8.36. The largest absolute Gasteiger partial charge is 0.313 e. The van der Waals surface area contributed by atoms with Crippen LogP contribution in [0.1, 0.15) is 52.4 Å². The van der Waals surface area contributed by atoms with E-state index in [4.69, 9.17) is 0 Å². The molecule has 0 amide bonds. The second-order valence-corrected chi connectivity index (χ2v) is 8.43. The van der Waals surface area contributed by atoms with Crippen molar-refractivity contribution >= 4 is 10.0 Å². The van der Waals surface area contributed by atoms with Gasteiger partial charge in [-0.2, -0.15) is 0 Å². The van der Waals surface area contributed by atoms with Crippen molar-refractivity contribution in [2.45, 2.75) is 64.5 Å². The van der Waals surface area contributed by atoms with Crippen LogP contribution in [-0.4, -0.2) is 32.8 Å². The Morgan fingerprint density at radius 3 is 2.44 bits per heavy atom. The molecule has 0 bridgehead atoms. The Kier molecular flexibility index (Phi) is 4.34. The van der Waals surface area contributed by atoms with Crippen LogP contribution in [0.2, 0.25) is 0 Å². The number of hydrogen-bond acceptors (Lipinski definition) is 3. The van der Waals surface area contributed by atoms with E-state index in [1.54, 1.807) is 0 Å². The first kappa shape index (κ1) is 14.3. The normalized spacial score (nSPS) is 29.6. The molecule has 1 saturated carbocycles. The molecule has 0 aromatic heterocycles. The lowest BCUT2D eigenvalue weighted by Crippen LogP contribution is -2.43. The molecule has 1 unspecified atom stereocenters. The minimum Gasteiger partial charge on any atom is -0.313 e. The lowest BCUT2D eigenvalue weighted by Gasteiger charge is -2.34. The van der Waals surface area contributed by atoms with Gasteiger partial charge in [-0.3, -0.25) is 0 Å². The molecular weight excluding hydrogens is 248 g/mol. The molecule has 18 heavy (non-hydrogen) atoms. The quantitative estimate of drug-likeness (QED) is 0.819. The summed E-state index contributed by atoms with van der Waals surface area (Å²) in [7, 11) is -3.11. The minimum absolute atomic E-state index is 0.155. The number of hydrogen-bond donors (Lipinski definition) is 2. The van der Waals surface area contributed by atoms with Crippen molar-refractivity contribution in [3.8, 4) is 0 Å². The topological polar surface area (TPSA) is 58.2 Å². The van der Waals surface area contributed by atoms with Crippen LogP contribution in [0.15, 0.2) is 0 Å². The lowest BCUT2D eigenvalue weighted by molar-refractivity contribution is 0.218. The zero-order valence-corrected chi connectivity index (χ0v) is 12.4. The molecule has 1 heterocycles. The molecule has 5 heteroatoms. The highest BCUT2D eigenvalue weighted by molar-refractivity contribution is 7.89. The van der Waals surface area contributed by atoms with E-state index >= 15 is 0 Å². The molecule has 2 fully saturated rings. The first-order valence-corrected chi connectivity index (χ1v) is 8.75. The van der Waals surface area contributed by atoms with Crippen molar-refractivity contribution in [3.05, 3.63) is 0 Å². The SMILES string of the molecule is CC1(C)CCC(NS(=O)(=O)CC2CCCN2)CC1. The summed E-state index contributed by atoms with van der Waals surface area (Å²) in [6, 6.07) is 0.312. The molecule has 4 nitrogen and oxygen atoms in total. The molecule has 2 rings (SSSR count). The third-order valence-electron chi connectivity index (χ3n) is 4.27. The van der Waals surface area contributed by atoms with Gasteiger partial charge in [-0.05, 0) is 50.5 Å². The van der Waals surface area contributed by atoms with Crippen LogP contribution in [-0.2, 0) is 10.0 Å². The van der Waals surface area contributed by atoms with E-state index in [-0.39, 0.29) is 17.8 Å². The van der Waals surface area contributed by atoms with E-state index in [0.717, 1.165) is 45.1 Å². The van der Waals surface area contributed by atoms with Crippen LogP contribution in [0, 0.1) is 5.41 Å². The molecule has 0 radical (unpaired) electrons. The average molecular weight is 274 g/mol. The predicted octanol–water partition coefficient (Wildman–Crippen LogP) is 1.63. The Hall–Kier alpha value is -0.130. The summed E-state index contributed by atoms with van der Waals surface area (Å²) < 4.78 is 27.0. The summed E-state index contributed by atoms with van der Waals surface area (Å²) in [4.78, 5) is 0. The lowest BCUT2D eigenvalue weighted by atomic mass is 9.76. The van der Waals surface area contributed by atoms with E-state index < -0.39 is 10.0 Å². The van der Waals surface area contributed by atoms with E-state index in [9.17, 15) is 8.42 Å². The molecule has 106 valence electrons. The standard InChI is InChI=1S/C13H26N2O2S/c1-13(2)7-5-11(6-8-13)15-18(16,17)10-12-4-3-9-14-12/h11-12,14-15H,3-10H2,1-2H3. The van der Waals surface area contributed by atoms with E-state index in [1.807, 2.05) is 0 Å². The third-order valence-corrected chi connectivity index (χ3v) is 5.80. The summed E-state index contributed by atoms with van der Waals surface area (Å²) in [5.74, 6) is 0.243. The summed E-state index contributed by atoms with van der Waals surface area (Å²) in [5.41, 5.74) is 0.384. The van der Waals surface area contributed by atoms with E-state index in [0.29, 0.717) is 5.41 Å². The Balaban J connectivity index is 1.81. The maximum absolute atomic E-state index is 12.1. The zero-order valence-electron chi connectivity index (χ0n) is 11.5. The van der Waals surface area contributed by atoms with Crippen LogP contribution >= 0.6 is 0 Å². The van der Waals surface area contributed by atoms with Gasteiger partial charge < -0.3 is 5.32 Å². The predicted molar refractivity (Wildman–Crippen MR) is 74.0 cm³/mol. The van der Waals surface area contributed by atoms with Crippen LogP contribution in [0.3, 0.4) is 0 Å². The number of nitrogens with one attached hydrogen (secondary N) is 2. The number of rotatable bonds is 4. The average Bonchev–Trinajstić information content (AvgIpc) is 2.73.